The Bertz CT molecular complexity index is 1320. The molecule has 0 fully saturated rings. The number of ether oxygens (including phenoxy) is 2. The lowest BCUT2D eigenvalue weighted by atomic mass is 10.1. The first-order valence-corrected chi connectivity index (χ1v) is 12.3. The highest BCUT2D eigenvalue weighted by Crippen LogP contribution is 2.38. The van der Waals surface area contributed by atoms with E-state index in [0.717, 1.165) is 12.1 Å². The topological polar surface area (TPSA) is 94.6 Å². The molecule has 2 aromatic carbocycles. The van der Waals surface area contributed by atoms with Crippen LogP contribution in [0.25, 0.3) is 0 Å². The zero-order chi connectivity index (χ0) is 26.7. The van der Waals surface area contributed by atoms with Gasteiger partial charge in [0.1, 0.15) is 23.4 Å². The number of sulfonamides is 1. The van der Waals surface area contributed by atoms with Gasteiger partial charge in [0.2, 0.25) is 10.0 Å². The van der Waals surface area contributed by atoms with Gasteiger partial charge in [0.15, 0.2) is 0 Å². The SMILES string of the molecule is C[C@H](Oc1ccc(C(=O)NS(=O)(=O)C(C)(C)C)cc1C(F)(F)F)c1ccc(Oc2ccccc2)cn1. The zero-order valence-corrected chi connectivity index (χ0v) is 20.8. The van der Waals surface area contributed by atoms with Gasteiger partial charge in [-0.2, -0.15) is 13.2 Å². The molecule has 0 saturated heterocycles. The molecule has 0 spiro atoms. The van der Waals surface area contributed by atoms with Crippen molar-refractivity contribution in [3.05, 3.63) is 83.7 Å². The van der Waals surface area contributed by atoms with Crippen LogP contribution in [0.4, 0.5) is 13.2 Å². The summed E-state index contributed by atoms with van der Waals surface area (Å²) in [6.07, 6.45) is -4.32. The first-order chi connectivity index (χ1) is 16.7. The molecule has 1 aromatic heterocycles. The predicted octanol–water partition coefficient (Wildman–Crippen LogP) is 5.89. The van der Waals surface area contributed by atoms with Crippen molar-refractivity contribution >= 4 is 15.9 Å². The van der Waals surface area contributed by atoms with Crippen LogP contribution in [-0.4, -0.2) is 24.1 Å². The van der Waals surface area contributed by atoms with Crippen molar-refractivity contribution in [3.63, 3.8) is 0 Å². The molecule has 0 aliphatic rings. The van der Waals surface area contributed by atoms with Crippen molar-refractivity contribution in [2.24, 2.45) is 0 Å². The number of aromatic nitrogens is 1. The van der Waals surface area contributed by atoms with Crippen molar-refractivity contribution in [1.29, 1.82) is 0 Å². The minimum atomic E-state index is -4.87. The molecule has 3 rings (SSSR count). The number of pyridine rings is 1. The lowest BCUT2D eigenvalue weighted by Crippen LogP contribution is -2.42. The fourth-order valence-electron chi connectivity index (χ4n) is 2.90. The van der Waals surface area contributed by atoms with Gasteiger partial charge in [0, 0.05) is 5.56 Å². The van der Waals surface area contributed by atoms with Crippen molar-refractivity contribution < 1.29 is 35.9 Å². The molecule has 36 heavy (non-hydrogen) atoms. The molecule has 0 aliphatic carbocycles. The Morgan fingerprint density at radius 3 is 2.19 bits per heavy atom. The van der Waals surface area contributed by atoms with Crippen LogP contribution in [-0.2, 0) is 16.2 Å². The monoisotopic (exact) mass is 522 g/mol. The summed E-state index contributed by atoms with van der Waals surface area (Å²) in [5, 5.41) is 0. The second-order valence-electron chi connectivity index (χ2n) is 8.85. The number of halogens is 3. The van der Waals surface area contributed by atoms with Crippen molar-refractivity contribution in [2.45, 2.75) is 44.7 Å². The van der Waals surface area contributed by atoms with E-state index in [9.17, 15) is 26.4 Å². The van der Waals surface area contributed by atoms with Crippen LogP contribution in [0.5, 0.6) is 17.2 Å². The molecule has 0 radical (unpaired) electrons. The van der Waals surface area contributed by atoms with E-state index < -0.39 is 49.8 Å². The molecule has 1 atom stereocenters. The predicted molar refractivity (Wildman–Crippen MR) is 127 cm³/mol. The fraction of sp³-hybridized carbons (Fsp3) is 0.280. The van der Waals surface area contributed by atoms with Crippen LogP contribution in [0.3, 0.4) is 0 Å². The van der Waals surface area contributed by atoms with Gasteiger partial charge in [-0.15, -0.1) is 0 Å². The Kier molecular flexibility index (Phi) is 7.63. The van der Waals surface area contributed by atoms with E-state index in [4.69, 9.17) is 9.47 Å². The highest BCUT2D eigenvalue weighted by atomic mass is 32.2. The Balaban J connectivity index is 1.80. The molecule has 1 N–H and O–H groups in total. The fourth-order valence-corrected chi connectivity index (χ4v) is 3.57. The molecule has 1 amide bonds. The molecule has 0 saturated carbocycles. The van der Waals surface area contributed by atoms with Gasteiger partial charge in [-0.05, 0) is 70.2 Å². The summed E-state index contributed by atoms with van der Waals surface area (Å²) in [5.41, 5.74) is -1.35. The van der Waals surface area contributed by atoms with Gasteiger partial charge >= 0.3 is 6.18 Å². The normalized spacial score (nSPS) is 13.1. The summed E-state index contributed by atoms with van der Waals surface area (Å²) >= 11 is 0. The first kappa shape index (κ1) is 27.0. The molecule has 3 aromatic rings. The average molecular weight is 523 g/mol. The number of hydrogen-bond donors (Lipinski definition) is 1. The van der Waals surface area contributed by atoms with Crippen molar-refractivity contribution in [2.75, 3.05) is 0 Å². The van der Waals surface area contributed by atoms with Gasteiger partial charge in [0.25, 0.3) is 5.91 Å². The summed E-state index contributed by atoms with van der Waals surface area (Å²) in [5.74, 6) is -0.665. The number of para-hydroxylation sites is 1. The third-order valence-electron chi connectivity index (χ3n) is 5.04. The van der Waals surface area contributed by atoms with E-state index in [2.05, 4.69) is 4.98 Å². The quantitative estimate of drug-likeness (QED) is 0.416. The molecular weight excluding hydrogens is 497 g/mol. The lowest BCUT2D eigenvalue weighted by molar-refractivity contribution is -0.139. The molecule has 1 heterocycles. The number of carbonyl (C=O) groups excluding carboxylic acids is 1. The number of nitrogens with one attached hydrogen (secondary N) is 1. The van der Waals surface area contributed by atoms with E-state index >= 15 is 0 Å². The number of amides is 1. The van der Waals surface area contributed by atoms with E-state index in [1.54, 1.807) is 29.0 Å². The Labute approximate surface area is 207 Å². The maximum absolute atomic E-state index is 13.8. The second kappa shape index (κ2) is 10.2. The van der Waals surface area contributed by atoms with Gasteiger partial charge in [0.05, 0.1) is 22.2 Å². The van der Waals surface area contributed by atoms with Crippen molar-refractivity contribution in [3.8, 4) is 17.2 Å². The highest BCUT2D eigenvalue weighted by Gasteiger charge is 2.37. The van der Waals surface area contributed by atoms with Gasteiger partial charge in [-0.3, -0.25) is 9.78 Å². The minimum Gasteiger partial charge on any atom is -0.484 e. The highest BCUT2D eigenvalue weighted by molar-refractivity contribution is 7.91. The number of carbonyl (C=O) groups is 1. The summed E-state index contributed by atoms with van der Waals surface area (Å²) in [7, 11) is -4.11. The largest absolute Gasteiger partial charge is 0.484 e. The number of rotatable bonds is 7. The first-order valence-electron chi connectivity index (χ1n) is 10.8. The lowest BCUT2D eigenvalue weighted by Gasteiger charge is -2.21. The van der Waals surface area contributed by atoms with Gasteiger partial charge in [-0.25, -0.2) is 13.1 Å². The number of benzene rings is 2. The Hall–Kier alpha value is -3.60. The molecule has 192 valence electrons. The molecule has 7 nitrogen and oxygen atoms in total. The third-order valence-corrected chi connectivity index (χ3v) is 7.11. The smallest absolute Gasteiger partial charge is 0.419 e. The molecule has 0 unspecified atom stereocenters. The van der Waals surface area contributed by atoms with E-state index in [0.29, 0.717) is 23.3 Å². The van der Waals surface area contributed by atoms with Gasteiger partial charge in [-0.1, -0.05) is 18.2 Å². The molecular formula is C25H25F3N2O5S. The minimum absolute atomic E-state index is 0.349. The zero-order valence-electron chi connectivity index (χ0n) is 20.0. The van der Waals surface area contributed by atoms with Crippen LogP contribution in [0.15, 0.2) is 66.9 Å². The second-order valence-corrected chi connectivity index (χ2v) is 11.3. The molecule has 0 bridgehead atoms. The van der Waals surface area contributed by atoms with Gasteiger partial charge < -0.3 is 9.47 Å². The van der Waals surface area contributed by atoms with Crippen LogP contribution < -0.4 is 14.2 Å². The van der Waals surface area contributed by atoms with Crippen LogP contribution in [0, 0.1) is 0 Å². The van der Waals surface area contributed by atoms with Crippen LogP contribution in [0.2, 0.25) is 0 Å². The average Bonchev–Trinajstić information content (AvgIpc) is 2.78. The number of alkyl halides is 3. The van der Waals surface area contributed by atoms with Crippen molar-refractivity contribution in [1.82, 2.24) is 9.71 Å². The third kappa shape index (κ3) is 6.54. The van der Waals surface area contributed by atoms with E-state index in [1.807, 2.05) is 18.2 Å². The standard InChI is InChI=1S/C25H25F3N2O5S/c1-16(21-12-11-19(15-29-21)35-18-8-6-5-7-9-18)34-22-13-10-17(14-20(22)25(26,27)28)23(31)30-36(32,33)24(2,3)4/h5-16H,1-4H3,(H,30,31)/t16-/m0/s1. The summed E-state index contributed by atoms with van der Waals surface area (Å²) in [6.45, 7) is 5.60. The molecule has 0 aliphatic heterocycles. The Morgan fingerprint density at radius 2 is 1.64 bits per heavy atom. The van der Waals surface area contributed by atoms with E-state index in [1.165, 1.54) is 33.9 Å². The summed E-state index contributed by atoms with van der Waals surface area (Å²) in [4.78, 5) is 16.6. The number of hydrogen-bond acceptors (Lipinski definition) is 6. The summed E-state index contributed by atoms with van der Waals surface area (Å²) < 4.78 is 77.4. The number of nitrogens with zero attached hydrogens (tertiary/aromatic N) is 1. The van der Waals surface area contributed by atoms with E-state index in [-0.39, 0.29) is 0 Å². The maximum Gasteiger partial charge on any atom is 0.419 e. The van der Waals surface area contributed by atoms with Crippen LogP contribution >= 0.6 is 0 Å². The molecule has 11 heteroatoms. The maximum atomic E-state index is 13.8. The Morgan fingerprint density at radius 1 is 0.972 bits per heavy atom. The van der Waals surface area contributed by atoms with Crippen LogP contribution in [0.1, 0.15) is 55.4 Å². The summed E-state index contributed by atoms with van der Waals surface area (Å²) in [6, 6.07) is 14.8.